The molecule has 1 N–H and O–H groups in total. The van der Waals surface area contributed by atoms with E-state index in [0.29, 0.717) is 12.0 Å². The largest absolute Gasteiger partial charge is 0.305 e. The maximum Gasteiger partial charge on any atom is 0.0684 e. The zero-order valence-electron chi connectivity index (χ0n) is 12.5. The molecule has 4 heteroatoms. The van der Waals surface area contributed by atoms with Crippen LogP contribution in [0.5, 0.6) is 0 Å². The second-order valence-electron chi connectivity index (χ2n) is 5.51. The Morgan fingerprint density at radius 3 is 2.24 bits per heavy atom. The van der Waals surface area contributed by atoms with Crippen molar-refractivity contribution in [2.24, 2.45) is 0 Å². The van der Waals surface area contributed by atoms with Crippen molar-refractivity contribution in [2.75, 3.05) is 0 Å². The predicted octanol–water partition coefficient (Wildman–Crippen LogP) is 5.58. The van der Waals surface area contributed by atoms with Gasteiger partial charge in [-0.25, -0.2) is 0 Å². The summed E-state index contributed by atoms with van der Waals surface area (Å²) in [5.41, 5.74) is 3.69. The molecule has 2 rings (SSSR count). The first-order valence-electron chi connectivity index (χ1n) is 7.10. The van der Waals surface area contributed by atoms with Gasteiger partial charge in [0.05, 0.1) is 5.69 Å². The van der Waals surface area contributed by atoms with Crippen molar-refractivity contribution in [3.8, 4) is 0 Å². The van der Waals surface area contributed by atoms with Crippen LogP contribution in [0.3, 0.4) is 0 Å². The highest BCUT2D eigenvalue weighted by Gasteiger charge is 2.08. The summed E-state index contributed by atoms with van der Waals surface area (Å²) < 4.78 is 2.00. The Morgan fingerprint density at radius 2 is 1.67 bits per heavy atom. The molecule has 1 aromatic carbocycles. The lowest BCUT2D eigenvalue weighted by Crippen LogP contribution is -2.19. The molecule has 1 aromatic heterocycles. The van der Waals surface area contributed by atoms with Crippen LogP contribution in [-0.2, 0) is 6.54 Å². The van der Waals surface area contributed by atoms with E-state index in [1.165, 1.54) is 11.1 Å². The average molecular weight is 412 g/mol. The van der Waals surface area contributed by atoms with E-state index in [4.69, 9.17) is 0 Å². The molecule has 0 aliphatic heterocycles. The summed E-state index contributed by atoms with van der Waals surface area (Å²) in [4.78, 5) is 4.42. The van der Waals surface area contributed by atoms with E-state index in [0.717, 1.165) is 21.2 Å². The van der Waals surface area contributed by atoms with Gasteiger partial charge in [0.2, 0.25) is 0 Å². The fourth-order valence-electron chi connectivity index (χ4n) is 2.11. The van der Waals surface area contributed by atoms with Crippen LogP contribution in [0.25, 0.3) is 0 Å². The van der Waals surface area contributed by atoms with Crippen LogP contribution in [0.2, 0.25) is 0 Å². The molecule has 1 unspecified atom stereocenters. The maximum atomic E-state index is 4.42. The molecule has 0 saturated carbocycles. The lowest BCUT2D eigenvalue weighted by molar-refractivity contribution is 0.566. The van der Waals surface area contributed by atoms with Crippen LogP contribution in [-0.4, -0.2) is 4.98 Å². The Morgan fingerprint density at radius 1 is 1.05 bits per heavy atom. The van der Waals surface area contributed by atoms with Crippen molar-refractivity contribution in [1.29, 1.82) is 0 Å². The summed E-state index contributed by atoms with van der Waals surface area (Å²) in [5.74, 6) is 0.574. The van der Waals surface area contributed by atoms with E-state index in [1.807, 2.05) is 12.3 Å². The number of rotatable bonds is 5. The van der Waals surface area contributed by atoms with Gasteiger partial charge in [-0.1, -0.05) is 38.1 Å². The third-order valence-corrected chi connectivity index (χ3v) is 4.68. The van der Waals surface area contributed by atoms with Gasteiger partial charge in [-0.15, -0.1) is 0 Å². The van der Waals surface area contributed by atoms with E-state index in [2.05, 4.69) is 87.2 Å². The lowest BCUT2D eigenvalue weighted by atomic mass is 9.99. The van der Waals surface area contributed by atoms with Gasteiger partial charge in [0, 0.05) is 27.7 Å². The van der Waals surface area contributed by atoms with E-state index < -0.39 is 0 Å². The van der Waals surface area contributed by atoms with Crippen molar-refractivity contribution in [1.82, 2.24) is 10.3 Å². The fourth-order valence-corrected chi connectivity index (χ4v) is 3.24. The van der Waals surface area contributed by atoms with Crippen LogP contribution < -0.4 is 5.32 Å². The van der Waals surface area contributed by atoms with Gasteiger partial charge in [-0.3, -0.25) is 4.98 Å². The highest BCUT2D eigenvalue weighted by molar-refractivity contribution is 9.11. The second kappa shape index (κ2) is 7.52. The maximum absolute atomic E-state index is 4.42. The van der Waals surface area contributed by atoms with E-state index in [1.54, 1.807) is 0 Å². The molecule has 0 aliphatic carbocycles. The first kappa shape index (κ1) is 16.7. The van der Waals surface area contributed by atoms with Crippen molar-refractivity contribution in [2.45, 2.75) is 39.3 Å². The Kier molecular flexibility index (Phi) is 5.97. The van der Waals surface area contributed by atoms with Crippen molar-refractivity contribution >= 4 is 31.9 Å². The molecular weight excluding hydrogens is 392 g/mol. The van der Waals surface area contributed by atoms with Gasteiger partial charge in [-0.05, 0) is 61.9 Å². The summed E-state index contributed by atoms with van der Waals surface area (Å²) in [7, 11) is 0. The summed E-state index contributed by atoms with van der Waals surface area (Å²) in [6.45, 7) is 7.35. The molecule has 0 fully saturated rings. The SMILES string of the molecule is CC(C)c1ccc(C(C)NCc2ncc(Br)cc2Br)cc1. The molecule has 0 radical (unpaired) electrons. The quantitative estimate of drug-likeness (QED) is 0.694. The van der Waals surface area contributed by atoms with Crippen molar-refractivity contribution < 1.29 is 0 Å². The normalized spacial score (nSPS) is 12.7. The van der Waals surface area contributed by atoms with Gasteiger partial charge in [0.15, 0.2) is 0 Å². The number of aromatic nitrogens is 1. The third-order valence-electron chi connectivity index (χ3n) is 3.56. The average Bonchev–Trinajstić information content (AvgIpc) is 2.46. The lowest BCUT2D eigenvalue weighted by Gasteiger charge is -2.16. The third kappa shape index (κ3) is 4.63. The standard InChI is InChI=1S/C17H20Br2N2/c1-11(2)13-4-6-14(7-5-13)12(3)20-10-17-16(19)8-15(18)9-21-17/h4-9,11-12,20H,10H2,1-3H3. The van der Waals surface area contributed by atoms with Gasteiger partial charge in [0.1, 0.15) is 0 Å². The van der Waals surface area contributed by atoms with Gasteiger partial charge in [-0.2, -0.15) is 0 Å². The van der Waals surface area contributed by atoms with Crippen LogP contribution in [0, 0.1) is 0 Å². The Balaban J connectivity index is 1.99. The molecule has 1 heterocycles. The zero-order chi connectivity index (χ0) is 15.4. The Bertz CT molecular complexity index is 594. The molecule has 0 spiro atoms. The number of halogens is 2. The molecule has 0 bridgehead atoms. The van der Waals surface area contributed by atoms with E-state index >= 15 is 0 Å². The molecule has 2 nitrogen and oxygen atoms in total. The summed E-state index contributed by atoms with van der Waals surface area (Å²) in [6.07, 6.45) is 1.82. The summed E-state index contributed by atoms with van der Waals surface area (Å²) in [5, 5.41) is 3.52. The smallest absolute Gasteiger partial charge is 0.0684 e. The molecule has 0 amide bonds. The summed E-state index contributed by atoms with van der Waals surface area (Å²) >= 11 is 6.96. The minimum absolute atomic E-state index is 0.295. The first-order valence-corrected chi connectivity index (χ1v) is 8.69. The number of nitrogens with zero attached hydrogens (tertiary/aromatic N) is 1. The van der Waals surface area contributed by atoms with Gasteiger partial charge < -0.3 is 5.32 Å². The number of benzene rings is 1. The minimum Gasteiger partial charge on any atom is -0.305 e. The molecule has 21 heavy (non-hydrogen) atoms. The van der Waals surface area contributed by atoms with E-state index in [9.17, 15) is 0 Å². The number of pyridine rings is 1. The predicted molar refractivity (Wildman–Crippen MR) is 95.4 cm³/mol. The van der Waals surface area contributed by atoms with Crippen LogP contribution in [0.15, 0.2) is 45.5 Å². The molecular formula is C17H20Br2N2. The zero-order valence-corrected chi connectivity index (χ0v) is 15.7. The second-order valence-corrected chi connectivity index (χ2v) is 7.28. The minimum atomic E-state index is 0.295. The topological polar surface area (TPSA) is 24.9 Å². The van der Waals surface area contributed by atoms with Gasteiger partial charge >= 0.3 is 0 Å². The molecule has 0 aliphatic rings. The van der Waals surface area contributed by atoms with Crippen LogP contribution in [0.4, 0.5) is 0 Å². The van der Waals surface area contributed by atoms with Crippen LogP contribution in [0.1, 0.15) is 49.6 Å². The van der Waals surface area contributed by atoms with Crippen molar-refractivity contribution in [3.05, 3.63) is 62.3 Å². The Labute approximate surface area is 143 Å². The number of hydrogen-bond donors (Lipinski definition) is 1. The molecule has 1 atom stereocenters. The van der Waals surface area contributed by atoms with Gasteiger partial charge in [0.25, 0.3) is 0 Å². The number of hydrogen-bond acceptors (Lipinski definition) is 2. The fraction of sp³-hybridized carbons (Fsp3) is 0.353. The number of nitrogens with one attached hydrogen (secondary N) is 1. The van der Waals surface area contributed by atoms with Crippen LogP contribution >= 0.6 is 31.9 Å². The first-order chi connectivity index (χ1) is 9.97. The van der Waals surface area contributed by atoms with E-state index in [-0.39, 0.29) is 0 Å². The summed E-state index contributed by atoms with van der Waals surface area (Å²) in [6, 6.07) is 11.2. The monoisotopic (exact) mass is 410 g/mol. The molecule has 0 saturated heterocycles. The highest BCUT2D eigenvalue weighted by atomic mass is 79.9. The molecule has 2 aromatic rings. The van der Waals surface area contributed by atoms with Crippen molar-refractivity contribution in [3.63, 3.8) is 0 Å². The highest BCUT2D eigenvalue weighted by Crippen LogP contribution is 2.21. The molecule has 112 valence electrons. The Hall–Kier alpha value is -0.710.